The number of carbonyl (C=O) groups is 2. The number of hydrogen-bond acceptors (Lipinski definition) is 8. The van der Waals surface area contributed by atoms with Gasteiger partial charge >= 0.3 is 5.97 Å². The van der Waals surface area contributed by atoms with Crippen molar-refractivity contribution in [1.29, 1.82) is 0 Å². The van der Waals surface area contributed by atoms with Crippen molar-refractivity contribution in [3.8, 4) is 0 Å². The van der Waals surface area contributed by atoms with E-state index in [0.29, 0.717) is 6.42 Å². The third-order valence-corrected chi connectivity index (χ3v) is 6.19. The quantitative estimate of drug-likeness (QED) is 0.151. The molecular formula is C24H39N5O3S2. The Bertz CT molecular complexity index is 860. The van der Waals surface area contributed by atoms with Crippen LogP contribution in [-0.2, 0) is 22.4 Å². The van der Waals surface area contributed by atoms with E-state index in [0.717, 1.165) is 41.8 Å². The molecular weight excluding hydrogens is 470 g/mol. The van der Waals surface area contributed by atoms with E-state index in [-0.39, 0.29) is 11.1 Å². The number of hydrazine groups is 2. The molecule has 0 unspecified atom stereocenters. The highest BCUT2D eigenvalue weighted by atomic mass is 32.1. The number of unbranched alkanes of at least 4 members (excludes halogenated alkanes) is 1. The van der Waals surface area contributed by atoms with Gasteiger partial charge in [-0.05, 0) is 62.0 Å². The number of rotatable bonds is 5. The molecule has 0 radical (unpaired) electrons. The number of carbonyl (C=O) groups excluding carboxylic acids is 2. The summed E-state index contributed by atoms with van der Waals surface area (Å²) in [5.41, 5.74) is 5.06. The molecule has 6 N–H and O–H groups in total. The van der Waals surface area contributed by atoms with Crippen molar-refractivity contribution in [2.24, 2.45) is 11.7 Å². The molecule has 0 bridgehead atoms. The number of esters is 1. The molecule has 2 aromatic rings. The second kappa shape index (κ2) is 18.8. The van der Waals surface area contributed by atoms with Gasteiger partial charge in [0.15, 0.2) is 0 Å². The normalized spacial score (nSPS) is 10.9. The number of hydrogen-bond donors (Lipinski definition) is 4. The van der Waals surface area contributed by atoms with E-state index >= 15 is 0 Å². The summed E-state index contributed by atoms with van der Waals surface area (Å²) < 4.78 is 4.83. The molecule has 8 nitrogen and oxygen atoms in total. The smallest absolute Gasteiger partial charge is 0.341 e. The number of para-hydroxylation sites is 1. The molecule has 1 aliphatic rings. The molecule has 0 spiro atoms. The van der Waals surface area contributed by atoms with Crippen molar-refractivity contribution in [2.45, 2.75) is 59.3 Å². The maximum atomic E-state index is 11.7. The lowest BCUT2D eigenvalue weighted by atomic mass is 9.95. The average Bonchev–Trinajstić information content (AvgIpc) is 3.29. The highest BCUT2D eigenvalue weighted by Gasteiger charge is 2.25. The van der Waals surface area contributed by atoms with E-state index in [1.807, 2.05) is 58.2 Å². The van der Waals surface area contributed by atoms with Gasteiger partial charge in [-0.25, -0.2) is 16.5 Å². The molecule has 1 aliphatic carbocycles. The fourth-order valence-electron chi connectivity index (χ4n) is 2.95. The summed E-state index contributed by atoms with van der Waals surface area (Å²) in [4.78, 5) is 22.4. The van der Waals surface area contributed by atoms with Gasteiger partial charge in [-0.15, -0.1) is 11.3 Å². The topological polar surface area (TPSA) is 123 Å². The Morgan fingerprint density at radius 2 is 1.85 bits per heavy atom. The number of nitrogens with two attached hydrogens (primary N) is 2. The minimum absolute atomic E-state index is 0.209. The molecule has 0 atom stereocenters. The molecule has 0 amide bonds. The molecule has 1 aromatic carbocycles. The average molecular weight is 510 g/mol. The van der Waals surface area contributed by atoms with Gasteiger partial charge in [-0.3, -0.25) is 10.4 Å². The van der Waals surface area contributed by atoms with E-state index in [1.165, 1.54) is 35.4 Å². The number of thiocarbonyl (C=S) groups is 1. The summed E-state index contributed by atoms with van der Waals surface area (Å²) in [5, 5.41) is 5.62. The van der Waals surface area contributed by atoms with E-state index in [9.17, 15) is 9.59 Å². The van der Waals surface area contributed by atoms with Crippen LogP contribution in [0.15, 0.2) is 30.3 Å². The van der Waals surface area contributed by atoms with Crippen LogP contribution in [0, 0.1) is 0 Å². The molecule has 34 heavy (non-hydrogen) atoms. The maximum absolute atomic E-state index is 11.7. The summed E-state index contributed by atoms with van der Waals surface area (Å²) in [6, 6.07) is 9.31. The van der Waals surface area contributed by atoms with Crippen molar-refractivity contribution in [3.05, 3.63) is 46.3 Å². The van der Waals surface area contributed by atoms with Crippen LogP contribution in [-0.4, -0.2) is 31.5 Å². The van der Waals surface area contributed by atoms with Gasteiger partial charge in [0, 0.05) is 18.3 Å². The highest BCUT2D eigenvalue weighted by Crippen LogP contribution is 2.38. The number of benzene rings is 1. The van der Waals surface area contributed by atoms with Crippen LogP contribution >= 0.6 is 23.6 Å². The fraction of sp³-hybridized carbons (Fsp3) is 0.458. The second-order valence-corrected chi connectivity index (χ2v) is 8.26. The van der Waals surface area contributed by atoms with Crippen LogP contribution in [0.5, 0.6) is 0 Å². The van der Waals surface area contributed by atoms with Gasteiger partial charge in [0.25, 0.3) is 0 Å². The lowest BCUT2D eigenvalue weighted by Crippen LogP contribution is -2.47. The van der Waals surface area contributed by atoms with Crippen molar-refractivity contribution >= 4 is 51.6 Å². The predicted octanol–water partition coefficient (Wildman–Crippen LogP) is 4.58. The Labute approximate surface area is 213 Å². The van der Waals surface area contributed by atoms with E-state index in [4.69, 9.17) is 28.6 Å². The molecule has 190 valence electrons. The van der Waals surface area contributed by atoms with Crippen molar-refractivity contribution in [1.82, 2.24) is 5.43 Å². The Hall–Kier alpha value is -2.53. The highest BCUT2D eigenvalue weighted by molar-refractivity contribution is 7.80. The number of anilines is 2. The number of aldehydes is 1. The van der Waals surface area contributed by atoms with Crippen LogP contribution in [0.3, 0.4) is 0 Å². The third-order valence-electron chi connectivity index (χ3n) is 4.57. The van der Waals surface area contributed by atoms with Gasteiger partial charge < -0.3 is 14.8 Å². The van der Waals surface area contributed by atoms with Crippen LogP contribution < -0.4 is 27.4 Å². The Kier molecular flexibility index (Phi) is 17.4. The van der Waals surface area contributed by atoms with E-state index < -0.39 is 0 Å². The first kappa shape index (κ1) is 31.5. The fourth-order valence-corrected chi connectivity index (χ4v) is 4.29. The lowest BCUT2D eigenvalue weighted by Gasteiger charge is -2.17. The maximum Gasteiger partial charge on any atom is 0.341 e. The number of aryl methyl sites for hydroxylation is 1. The molecule has 1 heterocycles. The summed E-state index contributed by atoms with van der Waals surface area (Å²) >= 11 is 6.52. The van der Waals surface area contributed by atoms with Gasteiger partial charge in [-0.2, -0.15) is 0 Å². The molecule has 0 saturated heterocycles. The number of nitrogens with one attached hydrogen (secondary N) is 2. The Morgan fingerprint density at radius 1 is 1.24 bits per heavy atom. The Balaban J connectivity index is 0.000000514. The third kappa shape index (κ3) is 10.2. The minimum Gasteiger partial charge on any atom is -0.465 e. The molecule has 10 heteroatoms. The number of ether oxygens (including phenoxy) is 1. The summed E-state index contributed by atoms with van der Waals surface area (Å²) in [5.74, 6) is 10.5. The number of thiophene rings is 1. The standard InChI is InChI=1S/C11H15NO2S.C7H10N4S.C4H8O.C2H6/c1-12-10-9(11(13)14-2)7-5-3-4-6-8(7)15-10;8-10-7(12)11(9)6-4-2-1-3-5-6;1-2-3-4-5;1-2/h12H,3-6H2,1-2H3;1-5H,8-9H2,(H,10,12);4H,2-3H2,1H3;1-2H3. The molecule has 0 fully saturated rings. The summed E-state index contributed by atoms with van der Waals surface area (Å²) in [6.07, 6.45) is 7.14. The van der Waals surface area contributed by atoms with Crippen molar-refractivity contribution in [2.75, 3.05) is 24.5 Å². The molecule has 0 saturated carbocycles. The van der Waals surface area contributed by atoms with Crippen LogP contribution in [0.4, 0.5) is 10.7 Å². The van der Waals surface area contributed by atoms with Gasteiger partial charge in [-0.1, -0.05) is 39.0 Å². The summed E-state index contributed by atoms with van der Waals surface area (Å²) in [7, 11) is 3.29. The van der Waals surface area contributed by atoms with Crippen LogP contribution in [0.1, 0.15) is 67.3 Å². The minimum atomic E-state index is -0.209. The number of nitrogens with zero attached hydrogens (tertiary/aromatic N) is 1. The van der Waals surface area contributed by atoms with Gasteiger partial charge in [0.1, 0.15) is 11.3 Å². The first-order valence-corrected chi connectivity index (χ1v) is 12.6. The molecule has 1 aromatic heterocycles. The van der Waals surface area contributed by atoms with E-state index in [2.05, 4.69) is 10.7 Å². The second-order valence-electron chi connectivity index (χ2n) is 6.77. The van der Waals surface area contributed by atoms with Crippen molar-refractivity contribution in [3.63, 3.8) is 0 Å². The molecule has 3 rings (SSSR count). The largest absolute Gasteiger partial charge is 0.465 e. The van der Waals surface area contributed by atoms with E-state index in [1.54, 1.807) is 11.3 Å². The predicted molar refractivity (Wildman–Crippen MR) is 147 cm³/mol. The first-order valence-electron chi connectivity index (χ1n) is 11.4. The van der Waals surface area contributed by atoms with Crippen LogP contribution in [0.25, 0.3) is 0 Å². The number of fused-ring (bicyclic) bond motifs is 1. The Morgan fingerprint density at radius 3 is 2.32 bits per heavy atom. The summed E-state index contributed by atoms with van der Waals surface area (Å²) in [6.45, 7) is 5.98. The zero-order valence-electron chi connectivity index (χ0n) is 20.8. The monoisotopic (exact) mass is 509 g/mol. The lowest BCUT2D eigenvalue weighted by molar-refractivity contribution is -0.107. The first-order chi connectivity index (χ1) is 16.4. The number of methoxy groups -OCH3 is 1. The van der Waals surface area contributed by atoms with Gasteiger partial charge in [0.2, 0.25) is 5.11 Å². The zero-order valence-corrected chi connectivity index (χ0v) is 22.5. The van der Waals surface area contributed by atoms with Gasteiger partial charge in [0.05, 0.1) is 18.4 Å². The molecule has 0 aliphatic heterocycles. The van der Waals surface area contributed by atoms with Crippen molar-refractivity contribution < 1.29 is 14.3 Å². The van der Waals surface area contributed by atoms with Crippen LogP contribution in [0.2, 0.25) is 0 Å². The SMILES string of the molecule is CC.CCCC=O.CNc1sc2c(c1C(=O)OC)CCCC2.NNC(=S)N(N)c1ccccc1. The zero-order chi connectivity index (χ0) is 25.9.